The summed E-state index contributed by atoms with van der Waals surface area (Å²) in [7, 11) is 8.24. The van der Waals surface area contributed by atoms with E-state index in [1.165, 1.54) is 16.6 Å². The lowest BCUT2D eigenvalue weighted by molar-refractivity contribution is 0.336. The van der Waals surface area contributed by atoms with Crippen molar-refractivity contribution < 1.29 is 4.74 Å². The van der Waals surface area contributed by atoms with Crippen LogP contribution in [0.2, 0.25) is 0 Å². The number of aromatic nitrogens is 1. The van der Waals surface area contributed by atoms with Gasteiger partial charge in [-0.2, -0.15) is 0 Å². The summed E-state index contributed by atoms with van der Waals surface area (Å²) >= 11 is 0. The molecule has 1 unspecified atom stereocenters. The molecule has 31 heavy (non-hydrogen) atoms. The summed E-state index contributed by atoms with van der Waals surface area (Å²) < 4.78 is 6.14. The fourth-order valence-corrected chi connectivity index (χ4v) is 4.06. The van der Waals surface area contributed by atoms with Crippen LogP contribution >= 0.6 is 0 Å². The van der Waals surface area contributed by atoms with Crippen molar-refractivity contribution in [2.24, 2.45) is 0 Å². The average molecular weight is 414 g/mol. The number of ether oxygens (including phenoxy) is 1. The van der Waals surface area contributed by atoms with E-state index in [2.05, 4.69) is 116 Å². The highest BCUT2D eigenvalue weighted by Gasteiger charge is 2.23. The molecule has 0 fully saturated rings. The van der Waals surface area contributed by atoms with Crippen LogP contribution in [0.5, 0.6) is 5.75 Å². The van der Waals surface area contributed by atoms with E-state index in [4.69, 9.17) is 4.74 Å². The van der Waals surface area contributed by atoms with Crippen molar-refractivity contribution in [3.8, 4) is 5.75 Å². The Hall–Kier alpha value is -3.40. The van der Waals surface area contributed by atoms with Crippen molar-refractivity contribution in [1.29, 1.82) is 0 Å². The Morgan fingerprint density at radius 2 is 1.48 bits per heavy atom. The van der Waals surface area contributed by atoms with Crippen LogP contribution in [0.1, 0.15) is 29.7 Å². The highest BCUT2D eigenvalue weighted by atomic mass is 16.5. The second kappa shape index (κ2) is 8.76. The Morgan fingerprint density at radius 3 is 2.13 bits per heavy atom. The van der Waals surface area contributed by atoms with E-state index in [1.807, 2.05) is 6.92 Å². The van der Waals surface area contributed by atoms with Gasteiger partial charge in [0, 0.05) is 62.4 Å². The number of para-hydroxylation sites is 1. The van der Waals surface area contributed by atoms with Crippen LogP contribution in [0.25, 0.3) is 10.9 Å². The van der Waals surface area contributed by atoms with Crippen molar-refractivity contribution in [2.75, 3.05) is 44.6 Å². The summed E-state index contributed by atoms with van der Waals surface area (Å²) in [5.41, 5.74) is 7.03. The van der Waals surface area contributed by atoms with Gasteiger partial charge in [-0.05, 0) is 48.2 Å². The predicted molar refractivity (Wildman–Crippen MR) is 132 cm³/mol. The van der Waals surface area contributed by atoms with Gasteiger partial charge in [0.25, 0.3) is 0 Å². The van der Waals surface area contributed by atoms with Gasteiger partial charge in [0.1, 0.15) is 5.75 Å². The number of aromatic amines is 1. The molecule has 1 atom stereocenters. The topological polar surface area (TPSA) is 31.5 Å². The van der Waals surface area contributed by atoms with Crippen molar-refractivity contribution in [1.82, 2.24) is 4.98 Å². The second-order valence-electron chi connectivity index (χ2n) is 8.28. The predicted octanol–water partition coefficient (Wildman–Crippen LogP) is 5.88. The summed E-state index contributed by atoms with van der Waals surface area (Å²) in [6, 6.07) is 26.0. The minimum atomic E-state index is 0.0429. The minimum Gasteiger partial charge on any atom is -0.493 e. The summed E-state index contributed by atoms with van der Waals surface area (Å²) in [4.78, 5) is 7.89. The van der Waals surface area contributed by atoms with Crippen molar-refractivity contribution in [2.45, 2.75) is 12.8 Å². The Kier molecular flexibility index (Phi) is 5.90. The van der Waals surface area contributed by atoms with E-state index < -0.39 is 0 Å². The molecule has 0 spiro atoms. The number of H-pyrrole nitrogens is 1. The summed E-state index contributed by atoms with van der Waals surface area (Å²) in [6.45, 7) is 2.67. The molecule has 0 aliphatic rings. The van der Waals surface area contributed by atoms with E-state index in [1.54, 1.807) is 0 Å². The molecule has 0 saturated carbocycles. The van der Waals surface area contributed by atoms with E-state index in [9.17, 15) is 0 Å². The van der Waals surface area contributed by atoms with E-state index in [0.717, 1.165) is 28.2 Å². The number of rotatable bonds is 7. The molecule has 4 rings (SSSR count). The summed E-state index contributed by atoms with van der Waals surface area (Å²) in [6.07, 6.45) is 0. The highest BCUT2D eigenvalue weighted by Crippen LogP contribution is 2.40. The van der Waals surface area contributed by atoms with Crippen LogP contribution < -0.4 is 14.5 Å². The second-order valence-corrected chi connectivity index (χ2v) is 8.28. The van der Waals surface area contributed by atoms with Crippen LogP contribution in [0.15, 0.2) is 72.8 Å². The number of fused-ring (bicyclic) bond motifs is 1. The first-order chi connectivity index (χ1) is 15.0. The molecular formula is C27H31N3O. The number of anilines is 2. The normalized spacial score (nSPS) is 12.0. The zero-order valence-corrected chi connectivity index (χ0v) is 19.0. The molecule has 0 aliphatic heterocycles. The monoisotopic (exact) mass is 413 g/mol. The van der Waals surface area contributed by atoms with Crippen LogP contribution in [-0.2, 0) is 0 Å². The molecule has 3 aromatic carbocycles. The Morgan fingerprint density at radius 1 is 0.806 bits per heavy atom. The maximum absolute atomic E-state index is 6.14. The van der Waals surface area contributed by atoms with Gasteiger partial charge in [-0.15, -0.1) is 0 Å². The van der Waals surface area contributed by atoms with E-state index >= 15 is 0 Å². The number of nitrogens with zero attached hydrogens (tertiary/aromatic N) is 2. The lowest BCUT2D eigenvalue weighted by atomic mass is 9.87. The van der Waals surface area contributed by atoms with Crippen molar-refractivity contribution in [3.05, 3.63) is 89.6 Å². The maximum Gasteiger partial charge on any atom is 0.125 e. The Labute approximate surface area is 185 Å². The zero-order valence-electron chi connectivity index (χ0n) is 19.0. The van der Waals surface area contributed by atoms with Gasteiger partial charge in [-0.25, -0.2) is 0 Å². The molecule has 0 radical (unpaired) electrons. The Balaban J connectivity index is 1.90. The summed E-state index contributed by atoms with van der Waals surface area (Å²) in [5.74, 6) is 0.968. The van der Waals surface area contributed by atoms with Gasteiger partial charge in [-0.1, -0.05) is 36.4 Å². The fraction of sp³-hybridized carbons (Fsp3) is 0.259. The largest absolute Gasteiger partial charge is 0.493 e. The smallest absolute Gasteiger partial charge is 0.125 e. The summed E-state index contributed by atoms with van der Waals surface area (Å²) in [5, 5.41) is 1.22. The molecule has 4 nitrogen and oxygen atoms in total. The third-order valence-corrected chi connectivity index (χ3v) is 5.73. The molecular weight excluding hydrogens is 382 g/mol. The lowest BCUT2D eigenvalue weighted by Gasteiger charge is -2.23. The molecule has 0 bridgehead atoms. The molecule has 0 amide bonds. The molecule has 1 aromatic heterocycles. The number of hydrogen-bond donors (Lipinski definition) is 1. The minimum absolute atomic E-state index is 0.0429. The average Bonchev–Trinajstić information content (AvgIpc) is 3.19. The van der Waals surface area contributed by atoms with Crippen molar-refractivity contribution in [3.63, 3.8) is 0 Å². The number of hydrogen-bond acceptors (Lipinski definition) is 3. The van der Waals surface area contributed by atoms with Crippen LogP contribution in [-0.4, -0.2) is 39.8 Å². The SMILES string of the molecule is CCOc1cc(N(C)C)ccc1C(c1ccc(N(C)C)cc1)c1cc2ccccc2[nH]1. The van der Waals surface area contributed by atoms with Crippen LogP contribution in [0.3, 0.4) is 0 Å². The fourth-order valence-electron chi connectivity index (χ4n) is 4.06. The quantitative estimate of drug-likeness (QED) is 0.411. The van der Waals surface area contributed by atoms with E-state index in [-0.39, 0.29) is 5.92 Å². The molecule has 1 N–H and O–H groups in total. The van der Waals surface area contributed by atoms with Gasteiger partial charge in [0.2, 0.25) is 0 Å². The Bertz CT molecular complexity index is 1130. The highest BCUT2D eigenvalue weighted by molar-refractivity contribution is 5.81. The first-order valence-electron chi connectivity index (χ1n) is 10.8. The van der Waals surface area contributed by atoms with Gasteiger partial charge in [0.05, 0.1) is 12.5 Å². The third kappa shape index (κ3) is 4.24. The lowest BCUT2D eigenvalue weighted by Crippen LogP contribution is -2.12. The van der Waals surface area contributed by atoms with Crippen LogP contribution in [0.4, 0.5) is 11.4 Å². The van der Waals surface area contributed by atoms with E-state index in [0.29, 0.717) is 6.61 Å². The number of nitrogens with one attached hydrogen (secondary N) is 1. The molecule has 4 aromatic rings. The van der Waals surface area contributed by atoms with Crippen LogP contribution in [0, 0.1) is 0 Å². The third-order valence-electron chi connectivity index (χ3n) is 5.73. The molecule has 1 heterocycles. The molecule has 160 valence electrons. The van der Waals surface area contributed by atoms with Gasteiger partial charge in [0.15, 0.2) is 0 Å². The standard InChI is InChI=1S/C27H31N3O/c1-6-31-26-18-22(30(4)5)15-16-23(26)27(19-11-13-21(14-12-19)29(2)3)25-17-20-9-7-8-10-24(20)28-25/h7-18,27-28H,6H2,1-5H3. The molecule has 4 heteroatoms. The van der Waals surface area contributed by atoms with Gasteiger partial charge in [-0.3, -0.25) is 0 Å². The van der Waals surface area contributed by atoms with Gasteiger partial charge < -0.3 is 19.5 Å². The molecule has 0 aliphatic carbocycles. The zero-order chi connectivity index (χ0) is 22.0. The number of benzene rings is 3. The van der Waals surface area contributed by atoms with Crippen molar-refractivity contribution >= 4 is 22.3 Å². The first kappa shape index (κ1) is 20.9. The maximum atomic E-state index is 6.14. The first-order valence-corrected chi connectivity index (χ1v) is 10.8. The van der Waals surface area contributed by atoms with Gasteiger partial charge >= 0.3 is 0 Å². The molecule has 0 saturated heterocycles.